The number of rotatable bonds is 5. The van der Waals surface area contributed by atoms with E-state index in [0.29, 0.717) is 24.3 Å². The van der Waals surface area contributed by atoms with Crippen molar-refractivity contribution in [2.75, 3.05) is 13.7 Å². The molecule has 0 aliphatic heterocycles. The predicted molar refractivity (Wildman–Crippen MR) is 83.6 cm³/mol. The number of phenolic OH excluding ortho intramolecular Hbond substituents is 1. The smallest absolute Gasteiger partial charge is 0.160 e. The van der Waals surface area contributed by atoms with Crippen LogP contribution in [0.15, 0.2) is 18.2 Å². The lowest BCUT2D eigenvalue weighted by Crippen LogP contribution is -2.44. The van der Waals surface area contributed by atoms with Gasteiger partial charge in [0.15, 0.2) is 11.5 Å². The van der Waals surface area contributed by atoms with Gasteiger partial charge in [-0.3, -0.25) is 0 Å². The molecule has 0 unspecified atom stereocenters. The molecule has 1 aliphatic carbocycles. The summed E-state index contributed by atoms with van der Waals surface area (Å²) in [4.78, 5) is 0. The van der Waals surface area contributed by atoms with Crippen molar-refractivity contribution in [3.63, 3.8) is 0 Å². The van der Waals surface area contributed by atoms with Crippen molar-refractivity contribution >= 4 is 0 Å². The number of aromatic hydroxyl groups is 1. The lowest BCUT2D eigenvalue weighted by Gasteiger charge is -2.40. The number of nitrogens with one attached hydrogen (secondary N) is 1. The van der Waals surface area contributed by atoms with E-state index in [4.69, 9.17) is 4.74 Å². The third-order valence-corrected chi connectivity index (χ3v) is 4.56. The molecule has 0 radical (unpaired) electrons. The molecule has 4 heteroatoms. The summed E-state index contributed by atoms with van der Waals surface area (Å²) in [6, 6.07) is 5.36. The van der Waals surface area contributed by atoms with Crippen molar-refractivity contribution in [2.45, 2.75) is 51.7 Å². The Kier molecular flexibility index (Phi) is 4.79. The van der Waals surface area contributed by atoms with Crippen molar-refractivity contribution < 1.29 is 14.9 Å². The fourth-order valence-corrected chi connectivity index (χ4v) is 2.85. The Labute approximate surface area is 127 Å². The van der Waals surface area contributed by atoms with Gasteiger partial charge < -0.3 is 20.3 Å². The van der Waals surface area contributed by atoms with E-state index in [-0.39, 0.29) is 5.75 Å². The van der Waals surface area contributed by atoms with Gasteiger partial charge in [-0.05, 0) is 48.8 Å². The van der Waals surface area contributed by atoms with Crippen LogP contribution in [0, 0.1) is 5.41 Å². The Morgan fingerprint density at radius 1 is 1.19 bits per heavy atom. The zero-order valence-corrected chi connectivity index (χ0v) is 13.3. The van der Waals surface area contributed by atoms with Crippen molar-refractivity contribution in [2.24, 2.45) is 5.41 Å². The molecular weight excluding hydrogens is 266 g/mol. The Morgan fingerprint density at radius 2 is 1.86 bits per heavy atom. The Balaban J connectivity index is 1.83. The maximum atomic E-state index is 10.6. The molecule has 1 aliphatic rings. The highest BCUT2D eigenvalue weighted by molar-refractivity contribution is 5.41. The molecule has 2 rings (SSSR count). The summed E-state index contributed by atoms with van der Waals surface area (Å²) in [5, 5.41) is 23.6. The predicted octanol–water partition coefficient (Wildman–Crippen LogP) is 2.82. The number of hydrogen-bond donors (Lipinski definition) is 3. The van der Waals surface area contributed by atoms with Gasteiger partial charge in [0, 0.05) is 13.1 Å². The van der Waals surface area contributed by atoms with Gasteiger partial charge in [0.2, 0.25) is 0 Å². The number of methoxy groups -OCH3 is 1. The topological polar surface area (TPSA) is 61.7 Å². The second-order valence-electron chi connectivity index (χ2n) is 7.00. The van der Waals surface area contributed by atoms with E-state index in [1.807, 2.05) is 6.07 Å². The summed E-state index contributed by atoms with van der Waals surface area (Å²) in [6.45, 7) is 5.75. The first-order valence-corrected chi connectivity index (χ1v) is 7.63. The fourth-order valence-electron chi connectivity index (χ4n) is 2.85. The molecule has 0 aromatic heterocycles. The first-order chi connectivity index (χ1) is 9.84. The van der Waals surface area contributed by atoms with Gasteiger partial charge >= 0.3 is 0 Å². The van der Waals surface area contributed by atoms with Gasteiger partial charge in [-0.25, -0.2) is 0 Å². The molecule has 0 heterocycles. The van der Waals surface area contributed by atoms with Gasteiger partial charge in [-0.1, -0.05) is 19.9 Å². The summed E-state index contributed by atoms with van der Waals surface area (Å²) in [5.41, 5.74) is 0.742. The van der Waals surface area contributed by atoms with Crippen LogP contribution in [0.1, 0.15) is 45.1 Å². The molecule has 1 fully saturated rings. The van der Waals surface area contributed by atoms with Crippen molar-refractivity contribution in [1.82, 2.24) is 5.32 Å². The maximum Gasteiger partial charge on any atom is 0.160 e. The second kappa shape index (κ2) is 6.24. The van der Waals surface area contributed by atoms with E-state index in [1.165, 1.54) is 7.11 Å². The molecule has 4 nitrogen and oxygen atoms in total. The first kappa shape index (κ1) is 16.1. The zero-order valence-electron chi connectivity index (χ0n) is 13.3. The Bertz CT molecular complexity index is 475. The molecule has 0 amide bonds. The molecule has 118 valence electrons. The molecule has 1 aromatic rings. The number of phenols is 1. The van der Waals surface area contributed by atoms with E-state index in [1.54, 1.807) is 12.1 Å². The monoisotopic (exact) mass is 293 g/mol. The number of benzene rings is 1. The lowest BCUT2D eigenvalue weighted by molar-refractivity contribution is -0.0245. The summed E-state index contributed by atoms with van der Waals surface area (Å²) in [5.74, 6) is 0.627. The minimum Gasteiger partial charge on any atom is -0.504 e. The number of ether oxygens (including phenoxy) is 1. The normalized spacial score (nSPS) is 20.2. The van der Waals surface area contributed by atoms with Crippen LogP contribution in [-0.4, -0.2) is 29.5 Å². The SMILES string of the molecule is COc1ccc(CNCC2(O)CCC(C)(C)CC2)cc1O. The highest BCUT2D eigenvalue weighted by atomic mass is 16.5. The molecule has 3 N–H and O–H groups in total. The van der Waals surface area contributed by atoms with Crippen LogP contribution in [0.3, 0.4) is 0 Å². The third kappa shape index (κ3) is 4.35. The van der Waals surface area contributed by atoms with Crippen LogP contribution in [0.25, 0.3) is 0 Å². The van der Waals surface area contributed by atoms with Crippen molar-refractivity contribution in [3.8, 4) is 11.5 Å². The molecule has 0 saturated heterocycles. The average molecular weight is 293 g/mol. The highest BCUT2D eigenvalue weighted by Gasteiger charge is 2.36. The van der Waals surface area contributed by atoms with Gasteiger partial charge in [0.1, 0.15) is 0 Å². The average Bonchev–Trinajstić information content (AvgIpc) is 2.43. The fraction of sp³-hybridized carbons (Fsp3) is 0.647. The second-order valence-corrected chi connectivity index (χ2v) is 7.00. The van der Waals surface area contributed by atoms with Gasteiger partial charge in [-0.15, -0.1) is 0 Å². The van der Waals surface area contributed by atoms with Crippen LogP contribution in [0.5, 0.6) is 11.5 Å². The van der Waals surface area contributed by atoms with E-state index < -0.39 is 5.60 Å². The molecule has 0 bridgehead atoms. The molecule has 1 aromatic carbocycles. The van der Waals surface area contributed by atoms with E-state index in [9.17, 15) is 10.2 Å². The van der Waals surface area contributed by atoms with E-state index in [0.717, 1.165) is 31.2 Å². The Hall–Kier alpha value is -1.26. The minimum absolute atomic E-state index is 0.148. The third-order valence-electron chi connectivity index (χ3n) is 4.56. The van der Waals surface area contributed by atoms with E-state index >= 15 is 0 Å². The lowest BCUT2D eigenvalue weighted by atomic mass is 9.71. The van der Waals surface area contributed by atoms with Crippen molar-refractivity contribution in [1.29, 1.82) is 0 Å². The summed E-state index contributed by atoms with van der Waals surface area (Å²) >= 11 is 0. The first-order valence-electron chi connectivity index (χ1n) is 7.63. The number of aliphatic hydroxyl groups is 1. The van der Waals surface area contributed by atoms with Crippen LogP contribution in [-0.2, 0) is 6.54 Å². The molecule has 0 spiro atoms. The largest absolute Gasteiger partial charge is 0.504 e. The minimum atomic E-state index is -0.593. The summed E-state index contributed by atoms with van der Waals surface area (Å²) in [6.07, 6.45) is 3.82. The van der Waals surface area contributed by atoms with Gasteiger partial charge in [-0.2, -0.15) is 0 Å². The molecule has 1 saturated carbocycles. The number of hydrogen-bond acceptors (Lipinski definition) is 4. The maximum absolute atomic E-state index is 10.6. The Morgan fingerprint density at radius 3 is 2.43 bits per heavy atom. The molecule has 21 heavy (non-hydrogen) atoms. The van der Waals surface area contributed by atoms with E-state index in [2.05, 4.69) is 19.2 Å². The van der Waals surface area contributed by atoms with Crippen LogP contribution in [0.2, 0.25) is 0 Å². The van der Waals surface area contributed by atoms with Crippen LogP contribution in [0.4, 0.5) is 0 Å². The highest BCUT2D eigenvalue weighted by Crippen LogP contribution is 2.39. The molecule has 0 atom stereocenters. The van der Waals surface area contributed by atoms with Crippen molar-refractivity contribution in [3.05, 3.63) is 23.8 Å². The quantitative estimate of drug-likeness (QED) is 0.781. The van der Waals surface area contributed by atoms with Crippen LogP contribution >= 0.6 is 0 Å². The summed E-state index contributed by atoms with van der Waals surface area (Å²) < 4.78 is 5.02. The van der Waals surface area contributed by atoms with Gasteiger partial charge in [0.05, 0.1) is 12.7 Å². The summed E-state index contributed by atoms with van der Waals surface area (Å²) in [7, 11) is 1.53. The molecular formula is C17H27NO3. The zero-order chi connectivity index (χ0) is 15.5. The van der Waals surface area contributed by atoms with Gasteiger partial charge in [0.25, 0.3) is 0 Å². The van der Waals surface area contributed by atoms with Crippen LogP contribution < -0.4 is 10.1 Å². The standard InChI is InChI=1S/C17H27NO3/c1-16(2)6-8-17(20,9-7-16)12-18-11-13-4-5-15(21-3)14(19)10-13/h4-5,10,18-20H,6-9,11-12H2,1-3H3.